The van der Waals surface area contributed by atoms with Gasteiger partial charge >= 0.3 is 0 Å². The third kappa shape index (κ3) is 4.63. The van der Waals surface area contributed by atoms with Crippen LogP contribution in [0.25, 0.3) is 22.3 Å². The van der Waals surface area contributed by atoms with Crippen LogP contribution in [0.4, 0.5) is 8.78 Å². The van der Waals surface area contributed by atoms with E-state index in [0.29, 0.717) is 17.6 Å². The minimum Gasteiger partial charge on any atom is -0.344 e. The van der Waals surface area contributed by atoms with Gasteiger partial charge in [0.05, 0.1) is 12.1 Å². The summed E-state index contributed by atoms with van der Waals surface area (Å²) in [5.74, 6) is -2.21. The van der Waals surface area contributed by atoms with E-state index >= 15 is 0 Å². The monoisotopic (exact) mass is 470 g/mol. The Labute approximate surface area is 198 Å². The van der Waals surface area contributed by atoms with Crippen molar-refractivity contribution in [2.24, 2.45) is 0 Å². The zero-order valence-electron chi connectivity index (χ0n) is 18.5. The van der Waals surface area contributed by atoms with Gasteiger partial charge in [-0.15, -0.1) is 0 Å². The molecule has 2 aromatic carbocycles. The second-order valence-corrected chi connectivity index (χ2v) is 8.18. The zero-order chi connectivity index (χ0) is 24.4. The van der Waals surface area contributed by atoms with Crippen molar-refractivity contribution in [3.8, 4) is 11.1 Å². The van der Waals surface area contributed by atoms with Gasteiger partial charge in [-0.2, -0.15) is 0 Å². The van der Waals surface area contributed by atoms with Crippen LogP contribution in [0.1, 0.15) is 27.9 Å². The molecule has 3 aromatic heterocycles. The number of hydrogen-bond acceptors (Lipinski definition) is 4. The number of nitrogens with zero attached hydrogens (tertiary/aromatic N) is 3. The number of benzene rings is 2. The first-order chi connectivity index (χ1) is 17.0. The zero-order valence-corrected chi connectivity index (χ0v) is 18.5. The molecule has 5 rings (SSSR count). The minimum atomic E-state index is -0.982. The first-order valence-electron chi connectivity index (χ1n) is 11.0. The summed E-state index contributed by atoms with van der Waals surface area (Å²) in [5, 5.41) is 0. The highest BCUT2D eigenvalue weighted by Gasteiger charge is 2.14. The summed E-state index contributed by atoms with van der Waals surface area (Å²) >= 11 is 0. The van der Waals surface area contributed by atoms with E-state index in [0.717, 1.165) is 34.3 Å². The van der Waals surface area contributed by atoms with Crippen molar-refractivity contribution in [3.63, 3.8) is 0 Å². The summed E-state index contributed by atoms with van der Waals surface area (Å²) in [7, 11) is 0. The number of carbonyl (C=O) groups is 1. The summed E-state index contributed by atoms with van der Waals surface area (Å²) in [6.07, 6.45) is 7.25. The number of carbonyl (C=O) groups excluding carboxylic acids is 1. The number of H-pyrrole nitrogens is 1. The maximum Gasteiger partial charge on any atom is 0.261 e. The molecule has 0 radical (unpaired) electrons. The van der Waals surface area contributed by atoms with E-state index in [-0.39, 0.29) is 24.3 Å². The first kappa shape index (κ1) is 22.3. The van der Waals surface area contributed by atoms with E-state index in [2.05, 4.69) is 15.0 Å². The topological polar surface area (TPSA) is 80.6 Å². The number of rotatable bonds is 7. The van der Waals surface area contributed by atoms with Crippen molar-refractivity contribution in [2.45, 2.75) is 19.4 Å². The second kappa shape index (κ2) is 9.42. The molecule has 0 aliphatic rings. The van der Waals surface area contributed by atoms with E-state index in [1.807, 2.05) is 30.5 Å². The Balaban J connectivity index is 1.32. The fourth-order valence-electron chi connectivity index (χ4n) is 4.06. The highest BCUT2D eigenvalue weighted by molar-refractivity contribution is 5.96. The quantitative estimate of drug-likeness (QED) is 0.342. The average Bonchev–Trinajstić information content (AvgIpc) is 3.30. The van der Waals surface area contributed by atoms with Crippen molar-refractivity contribution in [1.29, 1.82) is 0 Å². The minimum absolute atomic E-state index is 0.0344. The molecule has 0 saturated heterocycles. The molecule has 5 aromatic rings. The van der Waals surface area contributed by atoms with Crippen LogP contribution in [0, 0.1) is 11.6 Å². The number of hydrogen-bond donors (Lipinski definition) is 1. The molecule has 0 atom stereocenters. The molecule has 0 aliphatic carbocycles. The third-order valence-corrected chi connectivity index (χ3v) is 5.84. The van der Waals surface area contributed by atoms with Crippen LogP contribution in [-0.2, 0) is 13.0 Å². The van der Waals surface area contributed by atoms with Gasteiger partial charge in [-0.05, 0) is 47.4 Å². The number of halogens is 2. The Morgan fingerprint density at radius 3 is 2.66 bits per heavy atom. The van der Waals surface area contributed by atoms with E-state index in [9.17, 15) is 18.4 Å². The largest absolute Gasteiger partial charge is 0.344 e. The highest BCUT2D eigenvalue weighted by Crippen LogP contribution is 2.27. The first-order valence-corrected chi connectivity index (χ1v) is 11.0. The highest BCUT2D eigenvalue weighted by atomic mass is 19.2. The molecule has 6 nitrogen and oxygen atoms in total. The van der Waals surface area contributed by atoms with Crippen LogP contribution >= 0.6 is 0 Å². The summed E-state index contributed by atoms with van der Waals surface area (Å²) in [6, 6.07) is 14.4. The molecule has 174 valence electrons. The molecule has 0 saturated carbocycles. The SMILES string of the molecule is O=C(CCc1cccc(-c2c[nH]c3nccnc23)c1)c1cccn(Cc2ccc(F)c(F)c2)c1=O. The smallest absolute Gasteiger partial charge is 0.261 e. The standard InChI is InChI=1S/C27H20F2N4O2/c28-22-8-6-18(14-23(22)29)16-33-12-2-5-20(27(33)35)24(34)9-7-17-3-1-4-19(13-17)21-15-32-26-25(21)30-10-11-31-26/h1-6,8,10-15H,7,9,16H2,(H,31,32). The van der Waals surface area contributed by atoms with Crippen molar-refractivity contribution in [2.75, 3.05) is 0 Å². The number of pyridine rings is 1. The molecule has 0 fully saturated rings. The Morgan fingerprint density at radius 2 is 1.80 bits per heavy atom. The number of Topliss-reactive ketones (excluding diaryl/α,β-unsaturated/α-hetero) is 1. The predicted octanol–water partition coefficient (Wildman–Crippen LogP) is 4.93. The summed E-state index contributed by atoms with van der Waals surface area (Å²) in [6.45, 7) is 0.0344. The molecular formula is C27H20F2N4O2. The fourth-order valence-corrected chi connectivity index (χ4v) is 4.06. The maximum absolute atomic E-state index is 13.5. The van der Waals surface area contributed by atoms with Gasteiger partial charge in [-0.1, -0.05) is 30.3 Å². The van der Waals surface area contributed by atoms with Crippen molar-refractivity contribution in [3.05, 3.63) is 118 Å². The van der Waals surface area contributed by atoms with Gasteiger partial charge in [-0.25, -0.2) is 13.8 Å². The van der Waals surface area contributed by atoms with Crippen molar-refractivity contribution >= 4 is 16.9 Å². The fraction of sp³-hybridized carbons (Fsp3) is 0.111. The number of aryl methyl sites for hydroxylation is 1. The molecule has 1 N–H and O–H groups in total. The maximum atomic E-state index is 13.5. The number of fused-ring (bicyclic) bond motifs is 1. The molecule has 35 heavy (non-hydrogen) atoms. The Morgan fingerprint density at radius 1 is 0.943 bits per heavy atom. The lowest BCUT2D eigenvalue weighted by atomic mass is 10.00. The summed E-state index contributed by atoms with van der Waals surface area (Å²) in [4.78, 5) is 37.5. The van der Waals surface area contributed by atoms with Gasteiger partial charge in [0.2, 0.25) is 0 Å². The van der Waals surface area contributed by atoms with Crippen molar-refractivity contribution < 1.29 is 13.6 Å². The lowest BCUT2D eigenvalue weighted by Crippen LogP contribution is -2.26. The van der Waals surface area contributed by atoms with Gasteiger partial charge in [0.15, 0.2) is 23.1 Å². The number of ketones is 1. The summed E-state index contributed by atoms with van der Waals surface area (Å²) < 4.78 is 28.0. The van der Waals surface area contributed by atoms with Crippen LogP contribution in [0.2, 0.25) is 0 Å². The van der Waals surface area contributed by atoms with Crippen LogP contribution in [0.15, 0.2) is 84.2 Å². The molecule has 0 amide bonds. The molecule has 0 bridgehead atoms. The number of nitrogens with one attached hydrogen (secondary N) is 1. The number of aromatic nitrogens is 4. The number of aromatic amines is 1. The molecule has 0 spiro atoms. The lowest BCUT2D eigenvalue weighted by Gasteiger charge is -2.09. The summed E-state index contributed by atoms with van der Waals surface area (Å²) in [5.41, 5.74) is 4.33. The van der Waals surface area contributed by atoms with Crippen molar-refractivity contribution in [1.82, 2.24) is 19.5 Å². The van der Waals surface area contributed by atoms with E-state index in [1.165, 1.54) is 22.9 Å². The Hall–Kier alpha value is -4.46. The van der Waals surface area contributed by atoms with Crippen LogP contribution in [-0.4, -0.2) is 25.3 Å². The Kier molecular flexibility index (Phi) is 6.01. The average molecular weight is 470 g/mol. The lowest BCUT2D eigenvalue weighted by molar-refractivity contribution is 0.0981. The van der Waals surface area contributed by atoms with Crippen LogP contribution in [0.5, 0.6) is 0 Å². The van der Waals surface area contributed by atoms with Gasteiger partial charge in [-0.3, -0.25) is 14.6 Å². The van der Waals surface area contributed by atoms with Gasteiger partial charge in [0.25, 0.3) is 5.56 Å². The van der Waals surface area contributed by atoms with Gasteiger partial charge in [0.1, 0.15) is 5.52 Å². The van der Waals surface area contributed by atoms with Crippen LogP contribution in [0.3, 0.4) is 0 Å². The van der Waals surface area contributed by atoms with E-state index < -0.39 is 17.2 Å². The normalized spacial score (nSPS) is 11.1. The van der Waals surface area contributed by atoms with E-state index in [1.54, 1.807) is 18.5 Å². The second-order valence-electron chi connectivity index (χ2n) is 8.18. The molecule has 0 unspecified atom stereocenters. The van der Waals surface area contributed by atoms with E-state index in [4.69, 9.17) is 0 Å². The van der Waals surface area contributed by atoms with Gasteiger partial charge in [0, 0.05) is 36.8 Å². The van der Waals surface area contributed by atoms with Crippen LogP contribution < -0.4 is 5.56 Å². The van der Waals surface area contributed by atoms with Gasteiger partial charge < -0.3 is 9.55 Å². The Bertz CT molecular complexity index is 1610. The molecule has 0 aliphatic heterocycles. The molecular weight excluding hydrogens is 450 g/mol. The molecule has 3 heterocycles. The third-order valence-electron chi connectivity index (χ3n) is 5.84. The molecule has 8 heteroatoms. The predicted molar refractivity (Wildman–Crippen MR) is 128 cm³/mol.